The summed E-state index contributed by atoms with van der Waals surface area (Å²) in [6, 6.07) is 0. The molecule has 0 amide bonds. The number of anilines is 1. The van der Waals surface area contributed by atoms with Crippen molar-refractivity contribution in [2.75, 3.05) is 12.3 Å². The van der Waals surface area contributed by atoms with Crippen LogP contribution in [0.1, 0.15) is 11.8 Å². The standard InChI is InChI=1S/C10H13N5O4/c11-10-6-4(12-2-13-10)5(14-15-6)9-8(18)7(17)3(1-16)19-9/h2-3,7-9,16-18H,1H2,(H,14,15)(H2,11,12,13)/t3-,7-,8-,9+/m1/s1/i16D,17D,18D/hD3. The Hall–Kier alpha value is -1.81. The highest BCUT2D eigenvalue weighted by atomic mass is 16.6. The number of hydrogen-bond acceptors (Lipinski definition) is 8. The molecule has 0 radical (unpaired) electrons. The zero-order chi connectivity index (χ0) is 18.1. The van der Waals surface area contributed by atoms with E-state index in [9.17, 15) is 0 Å². The van der Waals surface area contributed by atoms with Gasteiger partial charge in [0.05, 0.1) is 6.61 Å². The second-order valence-corrected chi connectivity index (χ2v) is 4.17. The van der Waals surface area contributed by atoms with Gasteiger partial charge in [-0.25, -0.2) is 9.97 Å². The Balaban J connectivity index is 2.08. The first-order valence-electron chi connectivity index (χ1n) is 8.08. The molecule has 0 aliphatic carbocycles. The zero-order valence-corrected chi connectivity index (χ0v) is 9.46. The summed E-state index contributed by atoms with van der Waals surface area (Å²) >= 11 is 0. The van der Waals surface area contributed by atoms with E-state index in [4.69, 9.17) is 13.3 Å². The Bertz CT molecular complexity index is 750. The van der Waals surface area contributed by atoms with Crippen LogP contribution in [0.3, 0.4) is 0 Å². The van der Waals surface area contributed by atoms with E-state index in [1.54, 1.807) is 0 Å². The van der Waals surface area contributed by atoms with Gasteiger partial charge in [-0.1, -0.05) is 0 Å². The van der Waals surface area contributed by atoms with Crippen LogP contribution in [0.5, 0.6) is 0 Å². The van der Waals surface area contributed by atoms with Gasteiger partial charge in [-0.15, -0.1) is 0 Å². The summed E-state index contributed by atoms with van der Waals surface area (Å²) in [4.78, 5) is 7.79. The Kier molecular flexibility index (Phi) is 1.64. The van der Waals surface area contributed by atoms with E-state index in [0.29, 0.717) is 5.09 Å². The number of aromatic nitrogens is 4. The molecule has 0 unspecified atom stereocenters. The molecular weight excluding hydrogens is 254 g/mol. The summed E-state index contributed by atoms with van der Waals surface area (Å²) in [5.74, 6) is -0.167. The SMILES string of the molecule is [2H]OC[C@H]1O[C@@H](c2nn([2H])c3c(N([2H])[2H])ncnc23)[C@H](O[2H])[C@@H]1O[2H]. The quantitative estimate of drug-likeness (QED) is 0.409. The minimum Gasteiger partial charge on any atom is -0.394 e. The Morgan fingerprint density at radius 3 is 3.26 bits per heavy atom. The number of aromatic amines is 1. The van der Waals surface area contributed by atoms with Crippen LogP contribution in [0.2, 0.25) is 4.24 Å². The second-order valence-electron chi connectivity index (χ2n) is 4.17. The normalized spacial score (nSPS) is 35.2. The lowest BCUT2D eigenvalue weighted by Crippen LogP contribution is -2.32. The molecule has 0 bridgehead atoms. The average Bonchev–Trinajstić information content (AvgIpc) is 3.12. The lowest BCUT2D eigenvalue weighted by atomic mass is 10.1. The van der Waals surface area contributed by atoms with Gasteiger partial charge in [-0.05, 0) is 0 Å². The van der Waals surface area contributed by atoms with Crippen LogP contribution in [0.25, 0.3) is 11.0 Å². The van der Waals surface area contributed by atoms with E-state index in [0.717, 1.165) is 6.33 Å². The molecule has 2 aromatic heterocycles. The number of rotatable bonds is 6. The van der Waals surface area contributed by atoms with Crippen molar-refractivity contribution >= 4 is 16.9 Å². The molecular formula is C10H13N5O4. The van der Waals surface area contributed by atoms with Crippen molar-refractivity contribution in [2.45, 2.75) is 24.4 Å². The summed E-state index contributed by atoms with van der Waals surface area (Å²) in [7, 11) is 0. The molecule has 0 aromatic carbocycles. The number of nitrogen functional groups attached to an aromatic ring is 1. The van der Waals surface area contributed by atoms with Crippen molar-refractivity contribution in [3.8, 4) is 0 Å². The highest BCUT2D eigenvalue weighted by Gasteiger charge is 2.45. The molecule has 19 heavy (non-hydrogen) atoms. The number of aliphatic hydroxyl groups is 3. The number of nitrogens with two attached hydrogens (primary N) is 1. The lowest BCUT2D eigenvalue weighted by molar-refractivity contribution is -0.0236. The number of fused-ring (bicyclic) bond motifs is 1. The van der Waals surface area contributed by atoms with Gasteiger partial charge in [0, 0.05) is 0 Å². The fourth-order valence-electron chi connectivity index (χ4n) is 2.07. The molecule has 4 atom stereocenters. The van der Waals surface area contributed by atoms with Crippen LogP contribution in [-0.4, -0.2) is 64.7 Å². The molecule has 9 nitrogen and oxygen atoms in total. The first-order valence-corrected chi connectivity index (χ1v) is 5.51. The van der Waals surface area contributed by atoms with Gasteiger partial charge in [0.15, 0.2) is 10.1 Å². The first-order chi connectivity index (χ1) is 12.0. The molecule has 1 fully saturated rings. The van der Waals surface area contributed by atoms with Crippen molar-refractivity contribution < 1.29 is 24.3 Å². The number of H-pyrrole nitrogens is 1. The summed E-state index contributed by atoms with van der Waals surface area (Å²) in [6.07, 6.45) is -2.91. The van der Waals surface area contributed by atoms with E-state index in [1.165, 1.54) is 0 Å². The predicted octanol–water partition coefficient (Wildman–Crippen LogP) is -1.91. The molecule has 1 aliphatic heterocycles. The average molecular weight is 273 g/mol. The van der Waals surface area contributed by atoms with Crippen LogP contribution < -0.4 is 5.72 Å². The van der Waals surface area contributed by atoms with Crippen LogP contribution in [0.4, 0.5) is 5.82 Å². The maximum atomic E-state index is 7.90. The molecule has 9 heteroatoms. The molecule has 3 rings (SSSR count). The van der Waals surface area contributed by atoms with Gasteiger partial charge < -0.3 is 25.8 Å². The van der Waals surface area contributed by atoms with E-state index in [2.05, 4.69) is 30.4 Å². The monoisotopic (exact) mass is 273 g/mol. The zero-order valence-electron chi connectivity index (χ0n) is 15.5. The van der Waals surface area contributed by atoms with Gasteiger partial charge in [0.2, 0.25) is 4.29 Å². The molecule has 0 saturated carbocycles. The van der Waals surface area contributed by atoms with E-state index in [-0.39, 0.29) is 34.9 Å². The molecule has 6 N–H and O–H groups in total. The van der Waals surface area contributed by atoms with Crippen LogP contribution >= 0.6 is 0 Å². The fourth-order valence-corrected chi connectivity index (χ4v) is 2.07. The highest BCUT2D eigenvalue weighted by Crippen LogP contribution is 2.35. The van der Waals surface area contributed by atoms with Crippen molar-refractivity contribution in [1.29, 1.82) is 4.29 Å². The fraction of sp³-hybridized carbons (Fsp3) is 0.500. The highest BCUT2D eigenvalue weighted by molar-refractivity contribution is 5.85. The molecule has 102 valence electrons. The summed E-state index contributed by atoms with van der Waals surface area (Å²) in [5.41, 5.74) is 0.453. The molecule has 3 heterocycles. The van der Waals surface area contributed by atoms with Gasteiger partial charge >= 0.3 is 0 Å². The van der Waals surface area contributed by atoms with Crippen molar-refractivity contribution in [3.05, 3.63) is 12.0 Å². The number of hydrogen-bond donors (Lipinski definition) is 5. The van der Waals surface area contributed by atoms with Gasteiger partial charge in [0.25, 0.3) is 0 Å². The summed E-state index contributed by atoms with van der Waals surface area (Å²) < 4.78 is 49.5. The number of aliphatic hydroxyl groups excluding tert-OH is 3. The van der Waals surface area contributed by atoms with E-state index >= 15 is 0 Å². The molecule has 2 aromatic rings. The largest absolute Gasteiger partial charge is 0.394 e. The molecule has 0 spiro atoms. The van der Waals surface area contributed by atoms with Crippen LogP contribution in [0.15, 0.2) is 6.33 Å². The third-order valence-electron chi connectivity index (χ3n) is 3.05. The number of nitrogens with zero attached hydrogens (tertiary/aromatic N) is 3. The van der Waals surface area contributed by atoms with Crippen molar-refractivity contribution in [3.63, 3.8) is 0 Å². The van der Waals surface area contributed by atoms with E-state index in [1.807, 2.05) is 0 Å². The first kappa shape index (κ1) is 7.10. The smallest absolute Gasteiger partial charge is 0.211 e. The number of nitrogens with one attached hydrogen (secondary N) is 1. The lowest BCUT2D eigenvalue weighted by Gasteiger charge is -2.11. The third-order valence-corrected chi connectivity index (χ3v) is 3.05. The maximum absolute atomic E-state index is 7.90. The third kappa shape index (κ3) is 1.75. The van der Waals surface area contributed by atoms with E-state index < -0.39 is 24.4 Å². The Morgan fingerprint density at radius 2 is 2.47 bits per heavy atom. The van der Waals surface area contributed by atoms with Crippen molar-refractivity contribution in [2.24, 2.45) is 0 Å². The van der Waals surface area contributed by atoms with Crippen LogP contribution in [-0.2, 0) is 4.74 Å². The predicted molar refractivity (Wildman–Crippen MR) is 62.8 cm³/mol. The second kappa shape index (κ2) is 4.38. The minimum absolute atomic E-state index is 0.00151. The maximum Gasteiger partial charge on any atom is 0.211 e. The van der Waals surface area contributed by atoms with Gasteiger partial charge in [-0.3, -0.25) is 5.09 Å². The van der Waals surface area contributed by atoms with Gasteiger partial charge in [0.1, 0.15) is 47.5 Å². The topological polar surface area (TPSA) is 150 Å². The summed E-state index contributed by atoms with van der Waals surface area (Å²) in [6.45, 7) is -0.229. The molecule has 1 aliphatic rings. The van der Waals surface area contributed by atoms with Crippen LogP contribution in [0, 0.1) is 0 Å². The number of ether oxygens (including phenoxy) is 1. The Morgan fingerprint density at radius 1 is 1.53 bits per heavy atom. The summed E-state index contributed by atoms with van der Waals surface area (Å²) in [5, 5.41) is 18.1. The molecule has 1 saturated heterocycles. The Labute approximate surface area is 115 Å². The minimum atomic E-state index is -1.09. The van der Waals surface area contributed by atoms with Crippen molar-refractivity contribution in [1.82, 2.24) is 20.2 Å². The van der Waals surface area contributed by atoms with Gasteiger partial charge in [-0.2, -0.15) is 5.10 Å².